The number of carbonyl (C=O) groups excluding carboxylic acids is 2. The number of carbonyl (C=O) groups is 2. The minimum Gasteiger partial charge on any atom is -0.361 e. The quantitative estimate of drug-likeness (QED) is 0.419. The highest BCUT2D eigenvalue weighted by Gasteiger charge is 2.23. The van der Waals surface area contributed by atoms with E-state index in [1.807, 2.05) is 26.8 Å². The number of amides is 2. The van der Waals surface area contributed by atoms with Gasteiger partial charge in [0.25, 0.3) is 0 Å². The summed E-state index contributed by atoms with van der Waals surface area (Å²) in [4.78, 5) is 26.4. The zero-order valence-corrected chi connectivity index (χ0v) is 19.5. The third-order valence-corrected chi connectivity index (χ3v) is 5.05. The molecule has 0 radical (unpaired) electrons. The molecule has 2 rings (SSSR count). The van der Waals surface area contributed by atoms with Gasteiger partial charge < -0.3 is 15.2 Å². The highest BCUT2D eigenvalue weighted by Crippen LogP contribution is 2.16. The third-order valence-electron chi connectivity index (χ3n) is 4.61. The van der Waals surface area contributed by atoms with Crippen LogP contribution >= 0.6 is 22.6 Å². The molecule has 0 aromatic carbocycles. The van der Waals surface area contributed by atoms with E-state index in [0.717, 1.165) is 38.0 Å². The average molecular weight is 504 g/mol. The molecule has 0 spiro atoms. The molecule has 1 fully saturated rings. The monoisotopic (exact) mass is 504 g/mol. The topological polar surface area (TPSA) is 87.5 Å². The lowest BCUT2D eigenvalue weighted by Crippen LogP contribution is -2.48. The highest BCUT2D eigenvalue weighted by atomic mass is 127. The summed E-state index contributed by atoms with van der Waals surface area (Å²) >= 11 is 2.35. The Bertz CT molecular complexity index is 646. The van der Waals surface area contributed by atoms with E-state index in [0.29, 0.717) is 28.7 Å². The summed E-state index contributed by atoms with van der Waals surface area (Å²) in [5, 5.41) is 10.0. The summed E-state index contributed by atoms with van der Waals surface area (Å²) in [6, 6.07) is 1.87. The zero-order valence-electron chi connectivity index (χ0n) is 17.4. The first-order valence-electron chi connectivity index (χ1n) is 9.99. The molecule has 0 bridgehead atoms. The molecule has 7 nitrogen and oxygen atoms in total. The molecular weight excluding hydrogens is 471 g/mol. The van der Waals surface area contributed by atoms with Crippen LogP contribution in [0.3, 0.4) is 0 Å². The molecule has 1 saturated heterocycles. The fourth-order valence-corrected chi connectivity index (χ4v) is 3.76. The molecule has 28 heavy (non-hydrogen) atoms. The Morgan fingerprint density at radius 3 is 2.61 bits per heavy atom. The number of piperidine rings is 1. The smallest absolute Gasteiger partial charge is 0.234 e. The standard InChI is InChI=1S/C20H33IN4O3/c1-14(21)9-16-10-17(28-24-16)11-18(26)22-12-15-5-7-25(8-6-15)13-19(27)23-20(2,3)4/h10,14-15H,5-9,11-13H2,1-4H3,(H,22,26)(H,23,27). The summed E-state index contributed by atoms with van der Waals surface area (Å²) in [6.45, 7) is 11.0. The summed E-state index contributed by atoms with van der Waals surface area (Å²) in [5.74, 6) is 1.11. The first-order valence-corrected chi connectivity index (χ1v) is 11.2. The molecule has 2 N–H and O–H groups in total. The van der Waals surface area contributed by atoms with Crippen molar-refractivity contribution in [3.8, 4) is 0 Å². The van der Waals surface area contributed by atoms with Gasteiger partial charge in [0.15, 0.2) is 0 Å². The van der Waals surface area contributed by atoms with Crippen molar-refractivity contribution in [1.82, 2.24) is 20.7 Å². The van der Waals surface area contributed by atoms with Crippen LogP contribution in [0, 0.1) is 5.92 Å². The van der Waals surface area contributed by atoms with Crippen LogP contribution in [0.5, 0.6) is 0 Å². The fourth-order valence-electron chi connectivity index (χ4n) is 3.31. The van der Waals surface area contributed by atoms with Crippen LogP contribution in [-0.4, -0.2) is 57.5 Å². The van der Waals surface area contributed by atoms with E-state index in [-0.39, 0.29) is 23.8 Å². The normalized spacial score (nSPS) is 17.3. The molecule has 0 aliphatic carbocycles. The van der Waals surface area contributed by atoms with Crippen LogP contribution in [0.1, 0.15) is 52.0 Å². The number of nitrogens with one attached hydrogen (secondary N) is 2. The van der Waals surface area contributed by atoms with E-state index in [9.17, 15) is 9.59 Å². The van der Waals surface area contributed by atoms with Crippen molar-refractivity contribution in [2.45, 2.75) is 62.8 Å². The molecule has 2 heterocycles. The second-order valence-corrected chi connectivity index (χ2v) is 10.9. The molecule has 1 atom stereocenters. The van der Waals surface area contributed by atoms with E-state index in [1.54, 1.807) is 0 Å². The zero-order chi connectivity index (χ0) is 20.7. The van der Waals surface area contributed by atoms with Gasteiger partial charge in [0, 0.05) is 28.5 Å². The number of nitrogens with zero attached hydrogens (tertiary/aromatic N) is 2. The van der Waals surface area contributed by atoms with Crippen LogP contribution in [0.15, 0.2) is 10.6 Å². The second kappa shape index (κ2) is 10.6. The molecule has 158 valence electrons. The Labute approximate surface area is 181 Å². The minimum atomic E-state index is -0.196. The van der Waals surface area contributed by atoms with E-state index in [4.69, 9.17) is 4.52 Å². The first-order chi connectivity index (χ1) is 13.1. The van der Waals surface area contributed by atoms with E-state index in [2.05, 4.69) is 50.2 Å². The number of hydrogen-bond donors (Lipinski definition) is 2. The SMILES string of the molecule is CC(I)Cc1cc(CC(=O)NCC2CCN(CC(=O)NC(C)(C)C)CC2)on1. The predicted octanol–water partition coefficient (Wildman–Crippen LogP) is 2.33. The molecule has 1 aliphatic heterocycles. The van der Waals surface area contributed by atoms with Gasteiger partial charge in [0.05, 0.1) is 18.7 Å². The molecule has 8 heteroatoms. The van der Waals surface area contributed by atoms with E-state index >= 15 is 0 Å². The summed E-state index contributed by atoms with van der Waals surface area (Å²) in [7, 11) is 0. The molecule has 2 amide bonds. The van der Waals surface area contributed by atoms with Crippen molar-refractivity contribution < 1.29 is 14.1 Å². The van der Waals surface area contributed by atoms with Gasteiger partial charge in [-0.2, -0.15) is 0 Å². The van der Waals surface area contributed by atoms with Crippen molar-refractivity contribution in [2.75, 3.05) is 26.2 Å². The Kier molecular flexibility index (Phi) is 8.73. The Balaban J connectivity index is 1.64. The maximum Gasteiger partial charge on any atom is 0.234 e. The van der Waals surface area contributed by atoms with Crippen molar-refractivity contribution in [3.05, 3.63) is 17.5 Å². The van der Waals surface area contributed by atoms with Gasteiger partial charge in [-0.1, -0.05) is 34.7 Å². The first kappa shape index (κ1) is 23.1. The van der Waals surface area contributed by atoms with Crippen molar-refractivity contribution >= 4 is 34.4 Å². The van der Waals surface area contributed by atoms with Gasteiger partial charge in [-0.05, 0) is 52.6 Å². The van der Waals surface area contributed by atoms with Gasteiger partial charge in [-0.3, -0.25) is 14.5 Å². The second-order valence-electron chi connectivity index (χ2n) is 8.77. The van der Waals surface area contributed by atoms with Crippen molar-refractivity contribution in [3.63, 3.8) is 0 Å². The molecule has 1 aliphatic rings. The third kappa shape index (κ3) is 8.89. The van der Waals surface area contributed by atoms with Gasteiger partial charge in [0.2, 0.25) is 11.8 Å². The molecule has 1 aromatic rings. The highest BCUT2D eigenvalue weighted by molar-refractivity contribution is 14.1. The number of rotatable bonds is 8. The largest absolute Gasteiger partial charge is 0.361 e. The van der Waals surface area contributed by atoms with Crippen molar-refractivity contribution in [1.29, 1.82) is 0 Å². The Hall–Kier alpha value is -1.16. The molecular formula is C20H33IN4O3. The van der Waals surface area contributed by atoms with Gasteiger partial charge in [-0.25, -0.2) is 0 Å². The lowest BCUT2D eigenvalue weighted by Gasteiger charge is -2.32. The number of hydrogen-bond acceptors (Lipinski definition) is 5. The van der Waals surface area contributed by atoms with Crippen molar-refractivity contribution in [2.24, 2.45) is 5.92 Å². The van der Waals surface area contributed by atoms with Crippen LogP contribution in [0.25, 0.3) is 0 Å². The molecule has 1 aromatic heterocycles. The van der Waals surface area contributed by atoms with Crippen LogP contribution < -0.4 is 10.6 Å². The Morgan fingerprint density at radius 2 is 2.00 bits per heavy atom. The summed E-state index contributed by atoms with van der Waals surface area (Å²) in [6.07, 6.45) is 3.05. The summed E-state index contributed by atoms with van der Waals surface area (Å²) in [5.41, 5.74) is 0.700. The van der Waals surface area contributed by atoms with Crippen LogP contribution in [0.2, 0.25) is 0 Å². The maximum atomic E-state index is 12.2. The lowest BCUT2D eigenvalue weighted by atomic mass is 9.96. The van der Waals surface area contributed by atoms with Gasteiger partial charge in [0.1, 0.15) is 5.76 Å². The number of likely N-dealkylation sites (tertiary alicyclic amines) is 1. The van der Waals surface area contributed by atoms with Crippen LogP contribution in [-0.2, 0) is 22.4 Å². The lowest BCUT2D eigenvalue weighted by molar-refractivity contribution is -0.124. The number of alkyl halides is 1. The van der Waals surface area contributed by atoms with Gasteiger partial charge in [-0.15, -0.1) is 0 Å². The number of aromatic nitrogens is 1. The fraction of sp³-hybridized carbons (Fsp3) is 0.750. The minimum absolute atomic E-state index is 0.0304. The predicted molar refractivity (Wildman–Crippen MR) is 117 cm³/mol. The Morgan fingerprint density at radius 1 is 1.32 bits per heavy atom. The van der Waals surface area contributed by atoms with Gasteiger partial charge >= 0.3 is 0 Å². The summed E-state index contributed by atoms with van der Waals surface area (Å²) < 4.78 is 5.74. The van der Waals surface area contributed by atoms with E-state index < -0.39 is 0 Å². The number of halogens is 1. The average Bonchev–Trinajstić information content (AvgIpc) is 2.98. The van der Waals surface area contributed by atoms with E-state index in [1.165, 1.54) is 0 Å². The molecule has 1 unspecified atom stereocenters. The molecule has 0 saturated carbocycles. The van der Waals surface area contributed by atoms with Crippen LogP contribution in [0.4, 0.5) is 0 Å². The maximum absolute atomic E-state index is 12.2.